The van der Waals surface area contributed by atoms with Gasteiger partial charge in [-0.15, -0.1) is 22.7 Å². The zero-order chi connectivity index (χ0) is 16.9. The first-order valence-corrected chi connectivity index (χ1v) is 9.29. The predicted octanol–water partition coefficient (Wildman–Crippen LogP) is 4.16. The fourth-order valence-electron chi connectivity index (χ4n) is 2.35. The van der Waals surface area contributed by atoms with E-state index in [9.17, 15) is 4.79 Å². The second kappa shape index (κ2) is 7.59. The molecule has 0 saturated heterocycles. The number of rotatable bonds is 6. The molecule has 0 unspecified atom stereocenters. The van der Waals surface area contributed by atoms with Gasteiger partial charge in [-0.1, -0.05) is 12.1 Å². The van der Waals surface area contributed by atoms with E-state index in [4.69, 9.17) is 4.74 Å². The number of nitrogens with one attached hydrogen (secondary N) is 1. The Morgan fingerprint density at radius 1 is 1.25 bits per heavy atom. The van der Waals surface area contributed by atoms with Crippen molar-refractivity contribution in [3.05, 3.63) is 57.2 Å². The molecule has 1 N–H and O–H groups in total. The molecule has 0 atom stereocenters. The molecular formula is C18H18N2O2S2. The number of para-hydroxylation sites is 1. The molecule has 0 spiro atoms. The maximum absolute atomic E-state index is 12.2. The maximum Gasteiger partial charge on any atom is 0.255 e. The number of aromatic nitrogens is 1. The third kappa shape index (κ3) is 3.83. The molecule has 3 aromatic rings. The summed E-state index contributed by atoms with van der Waals surface area (Å²) < 4.78 is 5.22. The third-order valence-corrected chi connectivity index (χ3v) is 5.48. The van der Waals surface area contributed by atoms with Gasteiger partial charge in [-0.3, -0.25) is 4.79 Å². The number of carbonyl (C=O) groups excluding carboxylic acids is 1. The molecule has 6 heteroatoms. The van der Waals surface area contributed by atoms with Crippen molar-refractivity contribution in [1.82, 2.24) is 10.3 Å². The van der Waals surface area contributed by atoms with Gasteiger partial charge in [0.25, 0.3) is 5.91 Å². The lowest BCUT2D eigenvalue weighted by Crippen LogP contribution is -2.25. The molecule has 0 aliphatic carbocycles. The van der Waals surface area contributed by atoms with Crippen molar-refractivity contribution < 1.29 is 9.53 Å². The Kier molecular flexibility index (Phi) is 5.27. The van der Waals surface area contributed by atoms with Crippen molar-refractivity contribution in [2.45, 2.75) is 13.3 Å². The Morgan fingerprint density at radius 3 is 2.83 bits per heavy atom. The van der Waals surface area contributed by atoms with Gasteiger partial charge in [0.05, 0.1) is 28.3 Å². The normalized spacial score (nSPS) is 10.6. The molecule has 0 bridgehead atoms. The number of hydrogen-bond acceptors (Lipinski definition) is 5. The highest BCUT2D eigenvalue weighted by Crippen LogP contribution is 2.29. The number of carbonyl (C=O) groups is 1. The summed E-state index contributed by atoms with van der Waals surface area (Å²) in [6.07, 6.45) is 0.800. The van der Waals surface area contributed by atoms with E-state index >= 15 is 0 Å². The molecule has 1 amide bonds. The van der Waals surface area contributed by atoms with Gasteiger partial charge < -0.3 is 10.1 Å². The SMILES string of the molecule is COc1ccccc1C(=O)NCCc1ccc(-c2csc(C)n2)s1. The van der Waals surface area contributed by atoms with Gasteiger partial charge >= 0.3 is 0 Å². The number of benzene rings is 1. The minimum atomic E-state index is -0.112. The Bertz CT molecular complexity index is 839. The van der Waals surface area contributed by atoms with E-state index in [1.165, 1.54) is 9.75 Å². The van der Waals surface area contributed by atoms with Gasteiger partial charge in [-0.05, 0) is 37.6 Å². The van der Waals surface area contributed by atoms with Crippen molar-refractivity contribution in [3.63, 3.8) is 0 Å². The monoisotopic (exact) mass is 358 g/mol. The quantitative estimate of drug-likeness (QED) is 0.720. The van der Waals surface area contributed by atoms with E-state index in [1.807, 2.05) is 19.1 Å². The Morgan fingerprint density at radius 2 is 2.08 bits per heavy atom. The maximum atomic E-state index is 12.2. The first kappa shape index (κ1) is 16.7. The van der Waals surface area contributed by atoms with Crippen LogP contribution in [0, 0.1) is 6.92 Å². The number of thiazole rings is 1. The number of hydrogen-bond donors (Lipinski definition) is 1. The minimum absolute atomic E-state index is 0.112. The summed E-state index contributed by atoms with van der Waals surface area (Å²) in [6.45, 7) is 2.60. The number of ether oxygens (including phenoxy) is 1. The van der Waals surface area contributed by atoms with E-state index in [0.29, 0.717) is 17.9 Å². The van der Waals surface area contributed by atoms with Crippen molar-refractivity contribution in [1.29, 1.82) is 0 Å². The lowest BCUT2D eigenvalue weighted by molar-refractivity contribution is 0.0951. The van der Waals surface area contributed by atoms with Crippen LogP contribution in [0.5, 0.6) is 5.75 Å². The molecule has 0 aliphatic heterocycles. The number of methoxy groups -OCH3 is 1. The Balaban J connectivity index is 1.57. The first-order chi connectivity index (χ1) is 11.7. The molecule has 2 heterocycles. The van der Waals surface area contributed by atoms with Crippen LogP contribution in [0.15, 0.2) is 41.8 Å². The number of amides is 1. The van der Waals surface area contributed by atoms with Crippen LogP contribution in [-0.4, -0.2) is 24.5 Å². The largest absolute Gasteiger partial charge is 0.496 e. The highest BCUT2D eigenvalue weighted by molar-refractivity contribution is 7.16. The van der Waals surface area contributed by atoms with Crippen LogP contribution >= 0.6 is 22.7 Å². The van der Waals surface area contributed by atoms with Gasteiger partial charge in [-0.25, -0.2) is 4.98 Å². The van der Waals surface area contributed by atoms with Crippen molar-refractivity contribution in [2.24, 2.45) is 0 Å². The van der Waals surface area contributed by atoms with E-state index < -0.39 is 0 Å². The highest BCUT2D eigenvalue weighted by Gasteiger charge is 2.11. The smallest absolute Gasteiger partial charge is 0.255 e. The molecule has 3 rings (SSSR count). The summed E-state index contributed by atoms with van der Waals surface area (Å²) in [5.74, 6) is 0.478. The number of aryl methyl sites for hydroxylation is 1. The van der Waals surface area contributed by atoms with Crippen molar-refractivity contribution in [3.8, 4) is 16.3 Å². The van der Waals surface area contributed by atoms with Crippen LogP contribution in [0.3, 0.4) is 0 Å². The summed E-state index contributed by atoms with van der Waals surface area (Å²) >= 11 is 3.38. The first-order valence-electron chi connectivity index (χ1n) is 7.60. The van der Waals surface area contributed by atoms with Gasteiger partial charge in [0.1, 0.15) is 5.75 Å². The summed E-state index contributed by atoms with van der Waals surface area (Å²) in [6, 6.07) is 11.4. The van der Waals surface area contributed by atoms with Crippen molar-refractivity contribution in [2.75, 3.05) is 13.7 Å². The number of thiophene rings is 1. The van der Waals surface area contributed by atoms with Crippen LogP contribution in [-0.2, 0) is 6.42 Å². The fourth-order valence-corrected chi connectivity index (χ4v) is 4.01. The summed E-state index contributed by atoms with van der Waals surface area (Å²) in [5, 5.41) is 6.10. The van der Waals surface area contributed by atoms with Gasteiger partial charge in [0.2, 0.25) is 0 Å². The highest BCUT2D eigenvalue weighted by atomic mass is 32.1. The molecule has 0 radical (unpaired) electrons. The average Bonchev–Trinajstić information content (AvgIpc) is 3.23. The van der Waals surface area contributed by atoms with Crippen LogP contribution in [0.4, 0.5) is 0 Å². The van der Waals surface area contributed by atoms with E-state index in [0.717, 1.165) is 17.1 Å². The second-order valence-electron chi connectivity index (χ2n) is 5.22. The molecule has 4 nitrogen and oxygen atoms in total. The van der Waals surface area contributed by atoms with Crippen LogP contribution in [0.1, 0.15) is 20.2 Å². The third-order valence-electron chi connectivity index (χ3n) is 3.54. The van der Waals surface area contributed by atoms with Gasteiger partial charge in [0, 0.05) is 16.8 Å². The lowest BCUT2D eigenvalue weighted by atomic mass is 10.2. The van der Waals surface area contributed by atoms with Crippen LogP contribution in [0.25, 0.3) is 10.6 Å². The van der Waals surface area contributed by atoms with E-state index in [-0.39, 0.29) is 5.91 Å². The lowest BCUT2D eigenvalue weighted by Gasteiger charge is -2.08. The molecule has 124 valence electrons. The van der Waals surface area contributed by atoms with Gasteiger partial charge in [-0.2, -0.15) is 0 Å². The van der Waals surface area contributed by atoms with E-state index in [2.05, 4.69) is 27.8 Å². The van der Waals surface area contributed by atoms with Crippen LogP contribution in [0.2, 0.25) is 0 Å². The number of nitrogens with zero attached hydrogens (tertiary/aromatic N) is 1. The average molecular weight is 358 g/mol. The molecule has 2 aromatic heterocycles. The molecular weight excluding hydrogens is 340 g/mol. The predicted molar refractivity (Wildman–Crippen MR) is 99.2 cm³/mol. The molecule has 24 heavy (non-hydrogen) atoms. The van der Waals surface area contributed by atoms with E-state index in [1.54, 1.807) is 41.9 Å². The zero-order valence-electron chi connectivity index (χ0n) is 13.5. The second-order valence-corrected chi connectivity index (χ2v) is 7.45. The standard InChI is InChI=1S/C18H18N2O2S2/c1-12-20-15(11-23-12)17-8-7-13(24-17)9-10-19-18(21)14-5-3-4-6-16(14)22-2/h3-8,11H,9-10H2,1-2H3,(H,19,21). The summed E-state index contributed by atoms with van der Waals surface area (Å²) in [4.78, 5) is 19.2. The zero-order valence-corrected chi connectivity index (χ0v) is 15.2. The molecule has 0 fully saturated rings. The summed E-state index contributed by atoms with van der Waals surface area (Å²) in [7, 11) is 1.57. The molecule has 0 aliphatic rings. The molecule has 0 saturated carbocycles. The van der Waals surface area contributed by atoms with Crippen LogP contribution < -0.4 is 10.1 Å². The topological polar surface area (TPSA) is 51.2 Å². The molecule has 1 aromatic carbocycles. The Hall–Kier alpha value is -2.18. The van der Waals surface area contributed by atoms with Crippen molar-refractivity contribution >= 4 is 28.6 Å². The minimum Gasteiger partial charge on any atom is -0.496 e. The van der Waals surface area contributed by atoms with Gasteiger partial charge in [0.15, 0.2) is 0 Å². The summed E-state index contributed by atoms with van der Waals surface area (Å²) in [5.41, 5.74) is 1.59. The fraction of sp³-hybridized carbons (Fsp3) is 0.222. The Labute approximate surface area is 149 Å².